The van der Waals surface area contributed by atoms with Crippen molar-refractivity contribution in [1.29, 1.82) is 0 Å². The number of ether oxygens (including phenoxy) is 1. The number of fused-ring (bicyclic) bond motifs is 1. The van der Waals surface area contributed by atoms with E-state index in [2.05, 4.69) is 23.2 Å². The predicted octanol–water partition coefficient (Wildman–Crippen LogP) is 3.66. The summed E-state index contributed by atoms with van der Waals surface area (Å²) in [5.74, 6) is -0.413. The number of nitrogens with one attached hydrogen (secondary N) is 1. The van der Waals surface area contributed by atoms with Gasteiger partial charge in [-0.3, -0.25) is 19.4 Å². The SMILES string of the molecule is C[C@@H](CCN1C(=O)c2ccccc2C1=O)Nc1ccc(Cl)c(CN2CCOCC2)c1. The average molecular weight is 428 g/mol. The Morgan fingerprint density at radius 3 is 2.40 bits per heavy atom. The Morgan fingerprint density at radius 2 is 1.73 bits per heavy atom. The summed E-state index contributed by atoms with van der Waals surface area (Å²) in [7, 11) is 0. The maximum atomic E-state index is 12.5. The predicted molar refractivity (Wildman–Crippen MR) is 117 cm³/mol. The number of hydrogen-bond donors (Lipinski definition) is 1. The quantitative estimate of drug-likeness (QED) is 0.683. The van der Waals surface area contributed by atoms with Crippen LogP contribution in [-0.4, -0.2) is 60.5 Å². The van der Waals surface area contributed by atoms with Crippen LogP contribution in [-0.2, 0) is 11.3 Å². The molecule has 0 saturated carbocycles. The third kappa shape index (κ3) is 4.51. The molecule has 2 heterocycles. The Hall–Kier alpha value is -2.41. The molecule has 0 unspecified atom stereocenters. The minimum absolute atomic E-state index is 0.0896. The van der Waals surface area contributed by atoms with Gasteiger partial charge >= 0.3 is 0 Å². The number of morpholine rings is 1. The van der Waals surface area contributed by atoms with Gasteiger partial charge < -0.3 is 10.1 Å². The lowest BCUT2D eigenvalue weighted by Crippen LogP contribution is -2.35. The summed E-state index contributed by atoms with van der Waals surface area (Å²) in [4.78, 5) is 28.7. The minimum atomic E-state index is -0.206. The van der Waals surface area contributed by atoms with Gasteiger partial charge in [-0.1, -0.05) is 23.7 Å². The second-order valence-corrected chi connectivity index (χ2v) is 8.24. The molecule has 0 bridgehead atoms. The molecule has 2 aliphatic heterocycles. The fourth-order valence-corrected chi connectivity index (χ4v) is 4.08. The first-order valence-corrected chi connectivity index (χ1v) is 10.7. The molecule has 1 saturated heterocycles. The zero-order chi connectivity index (χ0) is 21.1. The monoisotopic (exact) mass is 427 g/mol. The Kier molecular flexibility index (Phi) is 6.37. The number of benzene rings is 2. The van der Waals surface area contributed by atoms with Gasteiger partial charge in [-0.15, -0.1) is 0 Å². The van der Waals surface area contributed by atoms with Crippen molar-refractivity contribution in [3.05, 3.63) is 64.2 Å². The van der Waals surface area contributed by atoms with Gasteiger partial charge in [0.25, 0.3) is 11.8 Å². The molecule has 1 N–H and O–H groups in total. The maximum absolute atomic E-state index is 12.5. The molecule has 2 amide bonds. The number of amides is 2. The number of carbonyl (C=O) groups excluding carboxylic acids is 2. The van der Waals surface area contributed by atoms with E-state index in [0.29, 0.717) is 24.1 Å². The summed E-state index contributed by atoms with van der Waals surface area (Å²) in [6.45, 7) is 6.55. The molecular formula is C23H26ClN3O3. The van der Waals surface area contributed by atoms with Crippen molar-refractivity contribution in [2.24, 2.45) is 0 Å². The first kappa shape index (κ1) is 20.8. The molecule has 0 spiro atoms. The summed E-state index contributed by atoms with van der Waals surface area (Å²) in [6.07, 6.45) is 0.660. The molecule has 6 nitrogen and oxygen atoms in total. The van der Waals surface area contributed by atoms with Gasteiger partial charge in [0.05, 0.1) is 24.3 Å². The van der Waals surface area contributed by atoms with Gasteiger partial charge in [0.1, 0.15) is 0 Å². The number of hydrogen-bond acceptors (Lipinski definition) is 5. The Morgan fingerprint density at radius 1 is 1.07 bits per heavy atom. The number of rotatable bonds is 7. The van der Waals surface area contributed by atoms with Crippen LogP contribution in [0, 0.1) is 0 Å². The van der Waals surface area contributed by atoms with Gasteiger partial charge in [-0.2, -0.15) is 0 Å². The standard InChI is InChI=1S/C23H26ClN3O3/c1-16(8-9-27-22(28)19-4-2-3-5-20(19)23(27)29)25-18-6-7-21(24)17(14-18)15-26-10-12-30-13-11-26/h2-7,14,16,25H,8-13,15H2,1H3/t16-/m0/s1. The van der Waals surface area contributed by atoms with E-state index in [0.717, 1.165) is 49.1 Å². The molecule has 0 aliphatic carbocycles. The van der Waals surface area contributed by atoms with Crippen LogP contribution in [0.4, 0.5) is 5.69 Å². The summed E-state index contributed by atoms with van der Waals surface area (Å²) in [6, 6.07) is 13.0. The number of nitrogens with zero attached hydrogens (tertiary/aromatic N) is 2. The van der Waals surface area contributed by atoms with Gasteiger partial charge in [0.2, 0.25) is 0 Å². The van der Waals surface area contributed by atoms with Crippen molar-refractivity contribution in [2.75, 3.05) is 38.2 Å². The normalized spacial score (nSPS) is 17.9. The zero-order valence-corrected chi connectivity index (χ0v) is 17.8. The van der Waals surface area contributed by atoms with Gasteiger partial charge in [0.15, 0.2) is 0 Å². The maximum Gasteiger partial charge on any atom is 0.261 e. The van der Waals surface area contributed by atoms with E-state index in [1.54, 1.807) is 24.3 Å². The van der Waals surface area contributed by atoms with Crippen molar-refractivity contribution in [2.45, 2.75) is 25.9 Å². The Labute approximate surface area is 181 Å². The van der Waals surface area contributed by atoms with Crippen LogP contribution in [0.1, 0.15) is 39.6 Å². The minimum Gasteiger partial charge on any atom is -0.383 e. The summed E-state index contributed by atoms with van der Waals surface area (Å²) >= 11 is 6.41. The molecular weight excluding hydrogens is 402 g/mol. The van der Waals surface area contributed by atoms with Gasteiger partial charge in [-0.25, -0.2) is 0 Å². The van der Waals surface area contributed by atoms with E-state index in [1.807, 2.05) is 12.1 Å². The topological polar surface area (TPSA) is 61.9 Å². The lowest BCUT2D eigenvalue weighted by molar-refractivity contribution is 0.0342. The summed E-state index contributed by atoms with van der Waals surface area (Å²) < 4.78 is 5.41. The zero-order valence-electron chi connectivity index (χ0n) is 17.1. The van der Waals surface area contributed by atoms with Crippen LogP contribution in [0.3, 0.4) is 0 Å². The number of halogens is 1. The highest BCUT2D eigenvalue weighted by molar-refractivity contribution is 6.31. The Balaban J connectivity index is 1.34. The highest BCUT2D eigenvalue weighted by Crippen LogP contribution is 2.25. The van der Waals surface area contributed by atoms with Crippen LogP contribution in [0.25, 0.3) is 0 Å². The van der Waals surface area contributed by atoms with Crippen LogP contribution in [0.5, 0.6) is 0 Å². The largest absolute Gasteiger partial charge is 0.383 e. The average Bonchev–Trinajstić information content (AvgIpc) is 3.00. The molecule has 0 radical (unpaired) electrons. The van der Waals surface area contributed by atoms with E-state index < -0.39 is 0 Å². The van der Waals surface area contributed by atoms with Crippen molar-refractivity contribution in [1.82, 2.24) is 9.80 Å². The highest BCUT2D eigenvalue weighted by Gasteiger charge is 2.34. The summed E-state index contributed by atoms with van der Waals surface area (Å²) in [5, 5.41) is 4.23. The van der Waals surface area contributed by atoms with Crippen molar-refractivity contribution < 1.29 is 14.3 Å². The number of anilines is 1. The molecule has 1 fully saturated rings. The van der Waals surface area contributed by atoms with Crippen molar-refractivity contribution in [3.8, 4) is 0 Å². The molecule has 7 heteroatoms. The van der Waals surface area contributed by atoms with Crippen LogP contribution in [0.2, 0.25) is 5.02 Å². The molecule has 30 heavy (non-hydrogen) atoms. The van der Waals surface area contributed by atoms with Crippen LogP contribution < -0.4 is 5.32 Å². The van der Waals surface area contributed by atoms with Crippen LogP contribution in [0.15, 0.2) is 42.5 Å². The van der Waals surface area contributed by atoms with E-state index >= 15 is 0 Å². The molecule has 0 aromatic heterocycles. The highest BCUT2D eigenvalue weighted by atomic mass is 35.5. The molecule has 158 valence electrons. The van der Waals surface area contributed by atoms with E-state index in [1.165, 1.54) is 4.90 Å². The van der Waals surface area contributed by atoms with Crippen molar-refractivity contribution >= 4 is 29.1 Å². The van der Waals surface area contributed by atoms with Gasteiger partial charge in [0, 0.05) is 42.9 Å². The third-order valence-electron chi connectivity index (χ3n) is 5.62. The molecule has 2 aromatic carbocycles. The second kappa shape index (κ2) is 9.16. The first-order valence-electron chi connectivity index (χ1n) is 10.3. The molecule has 2 aliphatic rings. The van der Waals surface area contributed by atoms with Crippen LogP contribution >= 0.6 is 11.6 Å². The third-order valence-corrected chi connectivity index (χ3v) is 5.99. The number of imide groups is 1. The smallest absolute Gasteiger partial charge is 0.261 e. The lowest BCUT2D eigenvalue weighted by atomic mass is 10.1. The van der Waals surface area contributed by atoms with E-state index in [9.17, 15) is 9.59 Å². The Bertz CT molecular complexity index is 908. The van der Waals surface area contributed by atoms with E-state index in [4.69, 9.17) is 16.3 Å². The molecule has 1 atom stereocenters. The number of carbonyl (C=O) groups is 2. The van der Waals surface area contributed by atoms with E-state index in [-0.39, 0.29) is 17.9 Å². The lowest BCUT2D eigenvalue weighted by Gasteiger charge is -2.27. The first-order chi connectivity index (χ1) is 14.5. The van der Waals surface area contributed by atoms with Gasteiger partial charge in [-0.05, 0) is 49.2 Å². The fourth-order valence-electron chi connectivity index (χ4n) is 3.91. The molecule has 2 aromatic rings. The van der Waals surface area contributed by atoms with Crippen molar-refractivity contribution in [3.63, 3.8) is 0 Å². The second-order valence-electron chi connectivity index (χ2n) is 7.84. The molecule has 4 rings (SSSR count). The summed E-state index contributed by atoms with van der Waals surface area (Å²) in [5.41, 5.74) is 3.05. The fraction of sp³-hybridized carbons (Fsp3) is 0.391.